The molecule has 0 aliphatic carbocycles. The van der Waals surface area contributed by atoms with Gasteiger partial charge in [-0.25, -0.2) is 8.42 Å². The molecule has 1 aliphatic heterocycles. The monoisotopic (exact) mass is 453 g/mol. The van der Waals surface area contributed by atoms with E-state index in [4.69, 9.17) is 12.2 Å². The lowest BCUT2D eigenvalue weighted by molar-refractivity contribution is 0.268. The number of thiocarbonyl (C=S) groups is 1. The van der Waals surface area contributed by atoms with E-state index in [9.17, 15) is 8.42 Å². The van der Waals surface area contributed by atoms with Crippen molar-refractivity contribution in [3.63, 3.8) is 0 Å². The van der Waals surface area contributed by atoms with E-state index >= 15 is 0 Å². The largest absolute Gasteiger partial charge is 0.346 e. The number of para-hydroxylation sites is 1. The van der Waals surface area contributed by atoms with Gasteiger partial charge in [-0.15, -0.1) is 0 Å². The molecule has 0 amide bonds. The van der Waals surface area contributed by atoms with Gasteiger partial charge in [0.2, 0.25) is 10.0 Å². The van der Waals surface area contributed by atoms with Crippen LogP contribution < -0.4 is 5.32 Å². The number of hydrogen-bond acceptors (Lipinski definition) is 3. The SMILES string of the molecule is Cc1ccccc1NC(=S)N1CCN(S(=O)(=O)c2cccc(Br)c2)CC1. The Morgan fingerprint density at radius 1 is 1.08 bits per heavy atom. The number of benzene rings is 2. The third-order valence-electron chi connectivity index (χ3n) is 4.35. The second kappa shape index (κ2) is 8.04. The average molecular weight is 454 g/mol. The molecule has 1 saturated heterocycles. The molecule has 138 valence electrons. The molecule has 1 heterocycles. The molecule has 1 N–H and O–H groups in total. The van der Waals surface area contributed by atoms with E-state index < -0.39 is 10.0 Å². The maximum absolute atomic E-state index is 12.8. The molecule has 3 rings (SSSR count). The lowest BCUT2D eigenvalue weighted by Crippen LogP contribution is -2.51. The third kappa shape index (κ3) is 4.25. The molecule has 0 spiro atoms. The van der Waals surface area contributed by atoms with Gasteiger partial charge in [-0.3, -0.25) is 0 Å². The highest BCUT2D eigenvalue weighted by atomic mass is 79.9. The van der Waals surface area contributed by atoms with Crippen molar-refractivity contribution >= 4 is 49.0 Å². The summed E-state index contributed by atoms with van der Waals surface area (Å²) in [6.07, 6.45) is 0. The van der Waals surface area contributed by atoms with Gasteiger partial charge in [-0.2, -0.15) is 4.31 Å². The number of nitrogens with zero attached hydrogens (tertiary/aromatic N) is 2. The minimum Gasteiger partial charge on any atom is -0.346 e. The summed E-state index contributed by atoms with van der Waals surface area (Å²) in [7, 11) is -3.49. The summed E-state index contributed by atoms with van der Waals surface area (Å²) >= 11 is 8.83. The zero-order valence-corrected chi connectivity index (χ0v) is 17.6. The van der Waals surface area contributed by atoms with Crippen LogP contribution in [0.4, 0.5) is 5.69 Å². The quantitative estimate of drug-likeness (QED) is 0.721. The lowest BCUT2D eigenvalue weighted by atomic mass is 10.2. The van der Waals surface area contributed by atoms with Gasteiger partial charge < -0.3 is 10.2 Å². The van der Waals surface area contributed by atoms with Crippen molar-refractivity contribution in [2.75, 3.05) is 31.5 Å². The van der Waals surface area contributed by atoms with Crippen LogP contribution in [0, 0.1) is 6.92 Å². The number of sulfonamides is 1. The Morgan fingerprint density at radius 3 is 2.42 bits per heavy atom. The molecule has 0 radical (unpaired) electrons. The fourth-order valence-electron chi connectivity index (χ4n) is 2.82. The van der Waals surface area contributed by atoms with Gasteiger partial charge in [-0.1, -0.05) is 40.2 Å². The normalized spacial score (nSPS) is 15.7. The Morgan fingerprint density at radius 2 is 1.77 bits per heavy atom. The highest BCUT2D eigenvalue weighted by Gasteiger charge is 2.29. The first kappa shape index (κ1) is 19.3. The molecule has 0 bridgehead atoms. The van der Waals surface area contributed by atoms with Crippen LogP contribution in [0.3, 0.4) is 0 Å². The molecule has 5 nitrogen and oxygen atoms in total. The van der Waals surface area contributed by atoms with Gasteiger partial charge >= 0.3 is 0 Å². The molecule has 26 heavy (non-hydrogen) atoms. The minimum absolute atomic E-state index is 0.306. The molecular weight excluding hydrogens is 434 g/mol. The van der Waals surface area contributed by atoms with Crippen LogP contribution in [-0.4, -0.2) is 48.9 Å². The summed E-state index contributed by atoms with van der Waals surface area (Å²) in [6, 6.07) is 14.7. The van der Waals surface area contributed by atoms with E-state index in [1.54, 1.807) is 18.2 Å². The van der Waals surface area contributed by atoms with Crippen molar-refractivity contribution in [3.8, 4) is 0 Å². The van der Waals surface area contributed by atoms with E-state index in [0.717, 1.165) is 15.7 Å². The van der Waals surface area contributed by atoms with Crippen molar-refractivity contribution in [2.45, 2.75) is 11.8 Å². The molecule has 2 aromatic rings. The zero-order chi connectivity index (χ0) is 18.7. The third-order valence-corrected chi connectivity index (χ3v) is 7.09. The Hall–Kier alpha value is -1.48. The van der Waals surface area contributed by atoms with Crippen molar-refractivity contribution in [2.24, 2.45) is 0 Å². The van der Waals surface area contributed by atoms with Crippen LogP contribution in [0.5, 0.6) is 0 Å². The molecule has 1 fully saturated rings. The van der Waals surface area contributed by atoms with Gasteiger partial charge in [0.05, 0.1) is 4.90 Å². The molecule has 0 saturated carbocycles. The predicted octanol–water partition coefficient (Wildman–Crippen LogP) is 3.46. The van der Waals surface area contributed by atoms with Gasteiger partial charge in [0.25, 0.3) is 0 Å². The second-order valence-electron chi connectivity index (χ2n) is 6.09. The first-order valence-corrected chi connectivity index (χ1v) is 10.9. The summed E-state index contributed by atoms with van der Waals surface area (Å²) < 4.78 is 27.8. The van der Waals surface area contributed by atoms with E-state index in [2.05, 4.69) is 21.2 Å². The number of nitrogens with one attached hydrogen (secondary N) is 1. The minimum atomic E-state index is -3.49. The van der Waals surface area contributed by atoms with Crippen molar-refractivity contribution in [1.82, 2.24) is 9.21 Å². The summed E-state index contributed by atoms with van der Waals surface area (Å²) in [5, 5.41) is 3.88. The molecule has 2 aromatic carbocycles. The molecule has 0 aromatic heterocycles. The van der Waals surface area contributed by atoms with E-state index in [0.29, 0.717) is 36.2 Å². The Labute approximate surface area is 168 Å². The van der Waals surface area contributed by atoms with Crippen LogP contribution in [0.15, 0.2) is 57.9 Å². The fraction of sp³-hybridized carbons (Fsp3) is 0.278. The van der Waals surface area contributed by atoms with Gasteiger partial charge in [-0.05, 0) is 49.0 Å². The van der Waals surface area contributed by atoms with Gasteiger partial charge in [0.15, 0.2) is 5.11 Å². The average Bonchev–Trinajstić information content (AvgIpc) is 2.63. The number of piperazine rings is 1. The first-order valence-electron chi connectivity index (χ1n) is 8.25. The maximum atomic E-state index is 12.8. The number of halogens is 1. The fourth-order valence-corrected chi connectivity index (χ4v) is 5.13. The highest BCUT2D eigenvalue weighted by Crippen LogP contribution is 2.21. The molecular formula is C18H20BrN3O2S2. The molecule has 0 unspecified atom stereocenters. The number of anilines is 1. The molecule has 0 atom stereocenters. The summed E-state index contributed by atoms with van der Waals surface area (Å²) in [4.78, 5) is 2.32. The van der Waals surface area contributed by atoms with Crippen LogP contribution >= 0.6 is 28.1 Å². The zero-order valence-electron chi connectivity index (χ0n) is 14.4. The standard InChI is InChI=1S/C18H20BrN3O2S2/c1-14-5-2-3-8-17(14)20-18(25)21-9-11-22(12-10-21)26(23,24)16-7-4-6-15(19)13-16/h2-8,13H,9-12H2,1H3,(H,20,25). The smallest absolute Gasteiger partial charge is 0.243 e. The summed E-state index contributed by atoms with van der Waals surface area (Å²) in [5.41, 5.74) is 2.09. The van der Waals surface area contributed by atoms with E-state index in [-0.39, 0.29) is 0 Å². The predicted molar refractivity (Wildman–Crippen MR) is 112 cm³/mol. The van der Waals surface area contributed by atoms with E-state index in [1.807, 2.05) is 42.2 Å². The molecule has 1 aliphatic rings. The number of hydrogen-bond donors (Lipinski definition) is 1. The maximum Gasteiger partial charge on any atom is 0.243 e. The second-order valence-corrected chi connectivity index (χ2v) is 9.33. The van der Waals surface area contributed by atoms with Crippen molar-refractivity contribution in [1.29, 1.82) is 0 Å². The number of aryl methyl sites for hydroxylation is 1. The Balaban J connectivity index is 1.64. The number of rotatable bonds is 3. The topological polar surface area (TPSA) is 52.6 Å². The van der Waals surface area contributed by atoms with Gasteiger partial charge in [0, 0.05) is 36.3 Å². The van der Waals surface area contributed by atoms with Crippen molar-refractivity contribution in [3.05, 3.63) is 58.6 Å². The summed E-state index contributed by atoms with van der Waals surface area (Å²) in [6.45, 7) is 3.96. The first-order chi connectivity index (χ1) is 12.4. The lowest BCUT2D eigenvalue weighted by Gasteiger charge is -2.35. The van der Waals surface area contributed by atoms with Crippen LogP contribution in [-0.2, 0) is 10.0 Å². The summed E-state index contributed by atoms with van der Waals surface area (Å²) in [5.74, 6) is 0. The van der Waals surface area contributed by atoms with Crippen molar-refractivity contribution < 1.29 is 8.42 Å². The van der Waals surface area contributed by atoms with E-state index in [1.165, 1.54) is 4.31 Å². The molecule has 8 heteroatoms. The van der Waals surface area contributed by atoms with Crippen LogP contribution in [0.1, 0.15) is 5.56 Å². The Bertz CT molecular complexity index is 910. The van der Waals surface area contributed by atoms with Crippen LogP contribution in [0.25, 0.3) is 0 Å². The van der Waals surface area contributed by atoms with Gasteiger partial charge in [0.1, 0.15) is 0 Å². The highest BCUT2D eigenvalue weighted by molar-refractivity contribution is 9.10. The Kier molecular flexibility index (Phi) is 5.96. The van der Waals surface area contributed by atoms with Crippen LogP contribution in [0.2, 0.25) is 0 Å².